The van der Waals surface area contributed by atoms with Crippen LogP contribution in [0.1, 0.15) is 18.4 Å². The SMILES string of the molecule is COCc1cccc(S(=O)(=O)N2CCCC2CN)c1. The number of methoxy groups -OCH3 is 1. The molecule has 5 nitrogen and oxygen atoms in total. The molecule has 2 N–H and O–H groups in total. The van der Waals surface area contributed by atoms with Crippen molar-refractivity contribution in [2.24, 2.45) is 5.73 Å². The molecule has 0 aromatic heterocycles. The zero-order chi connectivity index (χ0) is 13.9. The minimum Gasteiger partial charge on any atom is -0.380 e. The van der Waals surface area contributed by atoms with Gasteiger partial charge in [-0.25, -0.2) is 8.42 Å². The van der Waals surface area contributed by atoms with E-state index >= 15 is 0 Å². The molecular formula is C13H20N2O3S. The van der Waals surface area contributed by atoms with Crippen molar-refractivity contribution in [1.82, 2.24) is 4.31 Å². The van der Waals surface area contributed by atoms with Gasteiger partial charge in [0.25, 0.3) is 0 Å². The normalized spacial score (nSPS) is 20.8. The largest absolute Gasteiger partial charge is 0.380 e. The summed E-state index contributed by atoms with van der Waals surface area (Å²) in [5.41, 5.74) is 6.50. The van der Waals surface area contributed by atoms with Gasteiger partial charge in [0.05, 0.1) is 11.5 Å². The Bertz CT molecular complexity index is 530. The molecule has 1 heterocycles. The Labute approximate surface area is 114 Å². The minimum absolute atomic E-state index is 0.0731. The molecule has 0 radical (unpaired) electrons. The molecule has 0 aliphatic carbocycles. The van der Waals surface area contributed by atoms with Gasteiger partial charge in [-0.2, -0.15) is 4.31 Å². The van der Waals surface area contributed by atoms with E-state index in [9.17, 15) is 8.42 Å². The molecule has 1 aliphatic heterocycles. The van der Waals surface area contributed by atoms with Crippen molar-refractivity contribution in [3.63, 3.8) is 0 Å². The fraction of sp³-hybridized carbons (Fsp3) is 0.538. The molecule has 1 aromatic carbocycles. The average Bonchev–Trinajstić information content (AvgIpc) is 2.88. The number of hydrogen-bond acceptors (Lipinski definition) is 4. The van der Waals surface area contributed by atoms with Crippen LogP contribution in [0.25, 0.3) is 0 Å². The lowest BCUT2D eigenvalue weighted by Crippen LogP contribution is -2.39. The molecule has 19 heavy (non-hydrogen) atoms. The first-order valence-corrected chi connectivity index (χ1v) is 7.83. The predicted molar refractivity (Wildman–Crippen MR) is 73.1 cm³/mol. The van der Waals surface area contributed by atoms with Crippen LogP contribution in [0.4, 0.5) is 0 Å². The highest BCUT2D eigenvalue weighted by molar-refractivity contribution is 7.89. The van der Waals surface area contributed by atoms with Crippen LogP contribution in [-0.4, -0.2) is 39.0 Å². The van der Waals surface area contributed by atoms with E-state index in [2.05, 4.69) is 0 Å². The van der Waals surface area contributed by atoms with Gasteiger partial charge >= 0.3 is 0 Å². The molecule has 106 valence electrons. The molecule has 1 aliphatic rings. The van der Waals surface area contributed by atoms with Crippen molar-refractivity contribution in [3.05, 3.63) is 29.8 Å². The second kappa shape index (κ2) is 6.00. The molecule has 0 bridgehead atoms. The third-order valence-electron chi connectivity index (χ3n) is 3.41. The summed E-state index contributed by atoms with van der Waals surface area (Å²) in [6, 6.07) is 6.82. The zero-order valence-corrected chi connectivity index (χ0v) is 11.9. The summed E-state index contributed by atoms with van der Waals surface area (Å²) in [5.74, 6) is 0. The number of nitrogens with two attached hydrogens (primary N) is 1. The Kier molecular flexibility index (Phi) is 4.57. The third-order valence-corrected chi connectivity index (χ3v) is 5.36. The summed E-state index contributed by atoms with van der Waals surface area (Å²) in [6.07, 6.45) is 1.71. The maximum atomic E-state index is 12.6. The van der Waals surface area contributed by atoms with Crippen LogP contribution in [-0.2, 0) is 21.4 Å². The van der Waals surface area contributed by atoms with Crippen molar-refractivity contribution in [1.29, 1.82) is 0 Å². The molecule has 1 unspecified atom stereocenters. The van der Waals surface area contributed by atoms with Gasteiger partial charge in [-0.1, -0.05) is 12.1 Å². The van der Waals surface area contributed by atoms with Gasteiger partial charge in [-0.15, -0.1) is 0 Å². The Morgan fingerprint density at radius 2 is 2.26 bits per heavy atom. The van der Waals surface area contributed by atoms with Crippen molar-refractivity contribution in [2.45, 2.75) is 30.4 Å². The molecule has 6 heteroatoms. The van der Waals surface area contributed by atoms with Crippen LogP contribution >= 0.6 is 0 Å². The molecule has 1 fully saturated rings. The lowest BCUT2D eigenvalue weighted by atomic mass is 10.2. The van der Waals surface area contributed by atoms with E-state index in [1.165, 1.54) is 4.31 Å². The fourth-order valence-corrected chi connectivity index (χ4v) is 4.23. The molecule has 0 saturated carbocycles. The second-order valence-electron chi connectivity index (χ2n) is 4.73. The quantitative estimate of drug-likeness (QED) is 0.873. The van der Waals surface area contributed by atoms with Crippen LogP contribution in [0.3, 0.4) is 0 Å². The number of nitrogens with zero attached hydrogens (tertiary/aromatic N) is 1. The molecule has 2 rings (SSSR count). The van der Waals surface area contributed by atoms with Gasteiger partial charge in [0.1, 0.15) is 0 Å². The Morgan fingerprint density at radius 1 is 1.47 bits per heavy atom. The topological polar surface area (TPSA) is 72.6 Å². The number of benzene rings is 1. The molecule has 1 aromatic rings. The summed E-state index contributed by atoms with van der Waals surface area (Å²) in [7, 11) is -1.85. The first kappa shape index (κ1) is 14.5. The van der Waals surface area contributed by atoms with E-state index in [1.807, 2.05) is 6.07 Å². The first-order chi connectivity index (χ1) is 9.09. The van der Waals surface area contributed by atoms with Crippen LogP contribution in [0.15, 0.2) is 29.2 Å². The van der Waals surface area contributed by atoms with Gasteiger partial charge < -0.3 is 10.5 Å². The van der Waals surface area contributed by atoms with Gasteiger partial charge in [0, 0.05) is 26.2 Å². The molecular weight excluding hydrogens is 264 g/mol. The highest BCUT2D eigenvalue weighted by Gasteiger charge is 2.34. The smallest absolute Gasteiger partial charge is 0.243 e. The number of ether oxygens (including phenoxy) is 1. The maximum Gasteiger partial charge on any atom is 0.243 e. The minimum atomic E-state index is -3.44. The van der Waals surface area contributed by atoms with Crippen LogP contribution in [0, 0.1) is 0 Å². The van der Waals surface area contributed by atoms with Gasteiger partial charge in [-0.05, 0) is 30.5 Å². The maximum absolute atomic E-state index is 12.6. The summed E-state index contributed by atoms with van der Waals surface area (Å²) >= 11 is 0. The Hall–Kier alpha value is -0.950. The van der Waals surface area contributed by atoms with E-state index in [0.717, 1.165) is 18.4 Å². The van der Waals surface area contributed by atoms with E-state index in [-0.39, 0.29) is 6.04 Å². The van der Waals surface area contributed by atoms with Crippen LogP contribution in [0.2, 0.25) is 0 Å². The van der Waals surface area contributed by atoms with E-state index in [4.69, 9.17) is 10.5 Å². The molecule has 1 saturated heterocycles. The van der Waals surface area contributed by atoms with Crippen molar-refractivity contribution < 1.29 is 13.2 Å². The summed E-state index contributed by atoms with van der Waals surface area (Å²) in [5, 5.41) is 0. The lowest BCUT2D eigenvalue weighted by molar-refractivity contribution is 0.184. The number of hydrogen-bond donors (Lipinski definition) is 1. The van der Waals surface area contributed by atoms with Gasteiger partial charge in [0.15, 0.2) is 0 Å². The average molecular weight is 284 g/mol. The fourth-order valence-electron chi connectivity index (χ4n) is 2.46. The molecule has 1 atom stereocenters. The molecule has 0 amide bonds. The number of rotatable bonds is 5. The summed E-state index contributed by atoms with van der Waals surface area (Å²) in [6.45, 7) is 1.33. The monoisotopic (exact) mass is 284 g/mol. The number of sulfonamides is 1. The standard InChI is InChI=1S/C13H20N2O3S/c1-18-10-11-4-2-6-13(8-11)19(16,17)15-7-3-5-12(15)9-14/h2,4,6,8,12H,3,5,7,9-10,14H2,1H3. The van der Waals surface area contributed by atoms with E-state index in [0.29, 0.717) is 24.6 Å². The Balaban J connectivity index is 2.31. The van der Waals surface area contributed by atoms with Crippen molar-refractivity contribution in [3.8, 4) is 0 Å². The Morgan fingerprint density at radius 3 is 2.95 bits per heavy atom. The third kappa shape index (κ3) is 2.97. The van der Waals surface area contributed by atoms with E-state index in [1.54, 1.807) is 25.3 Å². The summed E-state index contributed by atoms with van der Waals surface area (Å²) < 4.78 is 31.7. The van der Waals surface area contributed by atoms with Crippen LogP contribution in [0.5, 0.6) is 0 Å². The van der Waals surface area contributed by atoms with Gasteiger partial charge in [0.2, 0.25) is 10.0 Å². The zero-order valence-electron chi connectivity index (χ0n) is 11.1. The lowest BCUT2D eigenvalue weighted by Gasteiger charge is -2.23. The predicted octanol–water partition coefficient (Wildman–Crippen LogP) is 0.945. The first-order valence-electron chi connectivity index (χ1n) is 6.39. The molecule has 0 spiro atoms. The van der Waals surface area contributed by atoms with Gasteiger partial charge in [-0.3, -0.25) is 0 Å². The highest BCUT2D eigenvalue weighted by Crippen LogP contribution is 2.26. The highest BCUT2D eigenvalue weighted by atomic mass is 32.2. The van der Waals surface area contributed by atoms with Crippen molar-refractivity contribution in [2.75, 3.05) is 20.2 Å². The summed E-state index contributed by atoms with van der Waals surface area (Å²) in [4.78, 5) is 0.322. The van der Waals surface area contributed by atoms with Crippen LogP contribution < -0.4 is 5.73 Å². The van der Waals surface area contributed by atoms with Crippen molar-refractivity contribution >= 4 is 10.0 Å². The second-order valence-corrected chi connectivity index (χ2v) is 6.62. The van der Waals surface area contributed by atoms with E-state index < -0.39 is 10.0 Å².